The Kier molecular flexibility index (Phi) is 6.84. The lowest BCUT2D eigenvalue weighted by Crippen LogP contribution is -2.19. The van der Waals surface area contributed by atoms with E-state index < -0.39 is 5.91 Å². The molecule has 1 heterocycles. The number of nitrogens with zero attached hydrogens (tertiary/aromatic N) is 2. The van der Waals surface area contributed by atoms with Crippen LogP contribution in [0.5, 0.6) is 17.2 Å². The Morgan fingerprint density at radius 2 is 1.90 bits per heavy atom. The Labute approximate surface area is 181 Å². The number of carbonyl (C=O) groups excluding carboxylic acids is 1. The second-order valence-corrected chi connectivity index (χ2v) is 7.68. The summed E-state index contributed by atoms with van der Waals surface area (Å²) >= 11 is 13.3. The highest BCUT2D eigenvalue weighted by Gasteiger charge is 2.13. The third-order valence-electron chi connectivity index (χ3n) is 3.97. The lowest BCUT2D eigenvalue weighted by molar-refractivity contribution is -0.120. The van der Waals surface area contributed by atoms with E-state index in [1.165, 1.54) is 11.3 Å². The van der Waals surface area contributed by atoms with Crippen molar-refractivity contribution in [3.8, 4) is 17.2 Å². The number of hydrogen-bond donors (Lipinski definition) is 0. The monoisotopic (exact) mass is 452 g/mol. The maximum Gasteiger partial charge on any atom is 0.286 e. The molecule has 0 fully saturated rings. The maximum absolute atomic E-state index is 12.4. The van der Waals surface area contributed by atoms with Crippen molar-refractivity contribution in [2.24, 2.45) is 4.99 Å². The van der Waals surface area contributed by atoms with Crippen LogP contribution in [0.25, 0.3) is 10.2 Å². The largest absolute Gasteiger partial charge is 0.493 e. The van der Waals surface area contributed by atoms with Gasteiger partial charge in [0.25, 0.3) is 5.91 Å². The van der Waals surface area contributed by atoms with Crippen LogP contribution in [0.15, 0.2) is 48.0 Å². The first-order chi connectivity index (χ1) is 14.0. The smallest absolute Gasteiger partial charge is 0.286 e. The SMILES string of the molecule is C=CCn1c(=NC(=O)COc2ccc(Cl)cc2Cl)sc2cc(OC)c(OC)cc21. The Balaban J connectivity index is 1.94. The first kappa shape index (κ1) is 21.2. The Morgan fingerprint density at radius 3 is 2.55 bits per heavy atom. The summed E-state index contributed by atoms with van der Waals surface area (Å²) < 4.78 is 19.0. The van der Waals surface area contributed by atoms with Crippen molar-refractivity contribution in [2.75, 3.05) is 20.8 Å². The third-order valence-corrected chi connectivity index (χ3v) is 5.54. The van der Waals surface area contributed by atoms with Gasteiger partial charge in [0.15, 0.2) is 22.9 Å². The highest BCUT2D eigenvalue weighted by atomic mass is 35.5. The van der Waals surface area contributed by atoms with Crippen LogP contribution in [0.2, 0.25) is 10.0 Å². The van der Waals surface area contributed by atoms with Gasteiger partial charge < -0.3 is 18.8 Å². The number of allylic oxidation sites excluding steroid dienone is 1. The summed E-state index contributed by atoms with van der Waals surface area (Å²) in [6.07, 6.45) is 1.73. The fourth-order valence-electron chi connectivity index (χ4n) is 2.66. The van der Waals surface area contributed by atoms with Crippen molar-refractivity contribution in [3.63, 3.8) is 0 Å². The van der Waals surface area contributed by atoms with Gasteiger partial charge in [-0.2, -0.15) is 4.99 Å². The number of ether oxygens (including phenoxy) is 3. The predicted octanol–water partition coefficient (Wildman–Crippen LogP) is 4.72. The lowest BCUT2D eigenvalue weighted by atomic mass is 10.3. The molecule has 0 unspecified atom stereocenters. The molecule has 0 radical (unpaired) electrons. The molecule has 6 nitrogen and oxygen atoms in total. The number of methoxy groups -OCH3 is 2. The summed E-state index contributed by atoms with van der Waals surface area (Å²) in [6.45, 7) is 4.01. The van der Waals surface area contributed by atoms with E-state index >= 15 is 0 Å². The highest BCUT2D eigenvalue weighted by molar-refractivity contribution is 7.16. The van der Waals surface area contributed by atoms with Gasteiger partial charge in [0, 0.05) is 23.7 Å². The molecular formula is C20H18Cl2N2O4S. The van der Waals surface area contributed by atoms with Crippen molar-refractivity contribution < 1.29 is 19.0 Å². The summed E-state index contributed by atoms with van der Waals surface area (Å²) in [5, 5.41) is 0.813. The van der Waals surface area contributed by atoms with Gasteiger partial charge in [0.05, 0.1) is 29.5 Å². The fourth-order valence-corrected chi connectivity index (χ4v) is 4.19. The third kappa shape index (κ3) is 4.75. The molecule has 1 aromatic heterocycles. The van der Waals surface area contributed by atoms with E-state index in [-0.39, 0.29) is 6.61 Å². The predicted molar refractivity (Wildman–Crippen MR) is 116 cm³/mol. The van der Waals surface area contributed by atoms with Crippen molar-refractivity contribution >= 4 is 50.7 Å². The number of rotatable bonds is 7. The molecule has 2 aromatic carbocycles. The van der Waals surface area contributed by atoms with Crippen LogP contribution < -0.4 is 19.0 Å². The van der Waals surface area contributed by atoms with E-state index in [2.05, 4.69) is 11.6 Å². The first-order valence-electron chi connectivity index (χ1n) is 8.48. The summed E-state index contributed by atoms with van der Waals surface area (Å²) in [4.78, 5) is 17.1. The first-order valence-corrected chi connectivity index (χ1v) is 10.1. The second kappa shape index (κ2) is 9.35. The Bertz CT molecular complexity index is 1140. The van der Waals surface area contributed by atoms with E-state index in [9.17, 15) is 4.79 Å². The zero-order chi connectivity index (χ0) is 21.0. The van der Waals surface area contributed by atoms with Gasteiger partial charge in [-0.05, 0) is 18.2 Å². The number of carbonyl (C=O) groups is 1. The van der Waals surface area contributed by atoms with E-state index in [0.717, 1.165) is 10.2 Å². The molecule has 152 valence electrons. The average molecular weight is 453 g/mol. The van der Waals surface area contributed by atoms with Gasteiger partial charge in [-0.1, -0.05) is 40.6 Å². The van der Waals surface area contributed by atoms with Gasteiger partial charge in [-0.25, -0.2) is 0 Å². The molecule has 0 atom stereocenters. The zero-order valence-electron chi connectivity index (χ0n) is 15.8. The van der Waals surface area contributed by atoms with Crippen LogP contribution in [-0.4, -0.2) is 31.3 Å². The molecule has 0 saturated heterocycles. The molecular weight excluding hydrogens is 435 g/mol. The number of benzene rings is 2. The summed E-state index contributed by atoms with van der Waals surface area (Å²) in [7, 11) is 3.14. The van der Waals surface area contributed by atoms with E-state index in [1.807, 2.05) is 16.7 Å². The van der Waals surface area contributed by atoms with Crippen molar-refractivity contribution in [1.29, 1.82) is 0 Å². The summed E-state index contributed by atoms with van der Waals surface area (Å²) in [6, 6.07) is 8.49. The van der Waals surface area contributed by atoms with Crippen LogP contribution in [0, 0.1) is 0 Å². The van der Waals surface area contributed by atoms with Crippen LogP contribution in [0.4, 0.5) is 0 Å². The maximum atomic E-state index is 12.4. The Hall–Kier alpha value is -2.48. The molecule has 3 rings (SSSR count). The van der Waals surface area contributed by atoms with Crippen molar-refractivity contribution in [1.82, 2.24) is 4.57 Å². The molecule has 0 N–H and O–H groups in total. The molecule has 9 heteroatoms. The van der Waals surface area contributed by atoms with Gasteiger partial charge in [0.1, 0.15) is 5.75 Å². The number of fused-ring (bicyclic) bond motifs is 1. The summed E-state index contributed by atoms with van der Waals surface area (Å²) in [5.74, 6) is 1.11. The van der Waals surface area contributed by atoms with Crippen molar-refractivity contribution in [2.45, 2.75) is 6.54 Å². The minimum absolute atomic E-state index is 0.254. The minimum Gasteiger partial charge on any atom is -0.493 e. The van der Waals surface area contributed by atoms with Gasteiger partial charge in [0.2, 0.25) is 0 Å². The van der Waals surface area contributed by atoms with E-state index in [1.54, 1.807) is 38.5 Å². The number of halogens is 2. The molecule has 0 aliphatic carbocycles. The van der Waals surface area contributed by atoms with E-state index in [0.29, 0.717) is 38.6 Å². The molecule has 0 spiro atoms. The normalized spacial score (nSPS) is 11.5. The van der Waals surface area contributed by atoms with Crippen LogP contribution in [-0.2, 0) is 11.3 Å². The summed E-state index contributed by atoms with van der Waals surface area (Å²) in [5.41, 5.74) is 0.862. The lowest BCUT2D eigenvalue weighted by Gasteiger charge is -2.08. The molecule has 3 aromatic rings. The van der Waals surface area contributed by atoms with Gasteiger partial charge in [-0.15, -0.1) is 6.58 Å². The molecule has 0 bridgehead atoms. The number of hydrogen-bond acceptors (Lipinski definition) is 5. The second-order valence-electron chi connectivity index (χ2n) is 5.83. The molecule has 0 saturated carbocycles. The Morgan fingerprint density at radius 1 is 1.17 bits per heavy atom. The van der Waals surface area contributed by atoms with E-state index in [4.69, 9.17) is 37.4 Å². The van der Waals surface area contributed by atoms with Crippen LogP contribution in [0.1, 0.15) is 0 Å². The van der Waals surface area contributed by atoms with Crippen molar-refractivity contribution in [3.05, 3.63) is 57.8 Å². The number of thiazole rings is 1. The molecule has 29 heavy (non-hydrogen) atoms. The minimum atomic E-state index is -0.445. The fraction of sp³-hybridized carbons (Fsp3) is 0.200. The zero-order valence-corrected chi connectivity index (χ0v) is 18.1. The van der Waals surface area contributed by atoms with Crippen LogP contribution >= 0.6 is 34.5 Å². The topological polar surface area (TPSA) is 62.1 Å². The quantitative estimate of drug-likeness (QED) is 0.486. The molecule has 0 aliphatic heterocycles. The number of amides is 1. The number of aromatic nitrogens is 1. The van der Waals surface area contributed by atoms with Gasteiger partial charge >= 0.3 is 0 Å². The van der Waals surface area contributed by atoms with Gasteiger partial charge in [-0.3, -0.25) is 4.79 Å². The molecule has 1 amide bonds. The molecule has 0 aliphatic rings. The standard InChI is InChI=1S/C20H18Cl2N2O4S/c1-4-7-24-14-9-16(26-2)17(27-3)10-18(14)29-20(24)23-19(25)11-28-15-6-5-12(21)8-13(15)22/h4-6,8-10H,1,7,11H2,2-3H3. The highest BCUT2D eigenvalue weighted by Crippen LogP contribution is 2.33. The van der Waals surface area contributed by atoms with Crippen LogP contribution in [0.3, 0.4) is 0 Å². The average Bonchev–Trinajstić information content (AvgIpc) is 3.02.